The number of urea groups is 1. The van der Waals surface area contributed by atoms with E-state index in [-0.39, 0.29) is 11.0 Å². The molecule has 0 bridgehead atoms. The molecule has 0 saturated carbocycles. The van der Waals surface area contributed by atoms with Crippen LogP contribution < -0.4 is 10.6 Å². The van der Waals surface area contributed by atoms with Gasteiger partial charge in [-0.25, -0.2) is 4.79 Å². The molecule has 0 unspecified atom stereocenters. The molecule has 2 N–H and O–H groups in total. The second kappa shape index (κ2) is 9.23. The van der Waals surface area contributed by atoms with Crippen molar-refractivity contribution in [3.63, 3.8) is 0 Å². The predicted molar refractivity (Wildman–Crippen MR) is 112 cm³/mol. The van der Waals surface area contributed by atoms with Crippen LogP contribution in [0.15, 0.2) is 42.6 Å². The van der Waals surface area contributed by atoms with Gasteiger partial charge in [-0.3, -0.25) is 4.98 Å². The van der Waals surface area contributed by atoms with Crippen LogP contribution >= 0.6 is 0 Å². The van der Waals surface area contributed by atoms with E-state index in [9.17, 15) is 31.1 Å². The first-order chi connectivity index (χ1) is 14.9. The molecule has 0 radical (unpaired) electrons. The van der Waals surface area contributed by atoms with Gasteiger partial charge in [-0.05, 0) is 55.5 Å². The maximum absolute atomic E-state index is 13.6. The van der Waals surface area contributed by atoms with E-state index in [1.54, 1.807) is 13.8 Å². The van der Waals surface area contributed by atoms with Crippen LogP contribution in [-0.4, -0.2) is 16.6 Å². The third-order valence-corrected chi connectivity index (χ3v) is 4.69. The molecule has 0 saturated heterocycles. The summed E-state index contributed by atoms with van der Waals surface area (Å²) in [5.41, 5.74) is -3.40. The van der Waals surface area contributed by atoms with Crippen molar-refractivity contribution in [3.05, 3.63) is 65.0 Å². The lowest BCUT2D eigenvalue weighted by Crippen LogP contribution is -2.51. The fraction of sp³-hybridized carbons (Fsp3) is 0.478. The van der Waals surface area contributed by atoms with E-state index < -0.39 is 46.8 Å². The minimum Gasteiger partial charge on any atom is -0.333 e. The van der Waals surface area contributed by atoms with Crippen molar-refractivity contribution in [2.75, 3.05) is 0 Å². The number of pyridine rings is 1. The van der Waals surface area contributed by atoms with E-state index in [1.807, 2.05) is 20.8 Å². The summed E-state index contributed by atoms with van der Waals surface area (Å²) in [5.74, 6) is 0. The first-order valence-corrected chi connectivity index (χ1v) is 10.2. The maximum atomic E-state index is 13.6. The molecule has 0 aliphatic heterocycles. The SMILES string of the molecule is CC(C)(C)CC(C)(C)NC(=O)N[C@@H](c1ccc(C(F)(F)F)cc1)c1ncccc1C(F)(F)F. The summed E-state index contributed by atoms with van der Waals surface area (Å²) in [6.07, 6.45) is -7.70. The number of hydrogen-bond acceptors (Lipinski definition) is 2. The molecule has 4 nitrogen and oxygen atoms in total. The highest BCUT2D eigenvalue weighted by Crippen LogP contribution is 2.36. The summed E-state index contributed by atoms with van der Waals surface area (Å²) in [6.45, 7) is 9.47. The van der Waals surface area contributed by atoms with E-state index in [1.165, 1.54) is 0 Å². The molecular weight excluding hydrogens is 448 g/mol. The molecule has 1 heterocycles. The van der Waals surface area contributed by atoms with Crippen LogP contribution in [0.2, 0.25) is 0 Å². The standard InChI is InChI=1S/C23H27F6N3O/c1-20(2,3)13-21(4,5)32-19(33)31-17(14-8-10-15(11-9-14)22(24,25)26)18-16(23(27,28)29)7-6-12-30-18/h6-12,17H,13H2,1-5H3,(H2,31,32,33)/t17-/m0/s1. The summed E-state index contributed by atoms with van der Waals surface area (Å²) in [6, 6.07) is 3.27. The van der Waals surface area contributed by atoms with Crippen LogP contribution in [0.5, 0.6) is 0 Å². The second-order valence-corrected chi connectivity index (χ2v) is 9.71. The Labute approximate surface area is 188 Å². The number of hydrogen-bond donors (Lipinski definition) is 2. The monoisotopic (exact) mass is 475 g/mol. The number of aromatic nitrogens is 1. The Bertz CT molecular complexity index is 960. The Morgan fingerprint density at radius 1 is 0.909 bits per heavy atom. The smallest absolute Gasteiger partial charge is 0.333 e. The van der Waals surface area contributed by atoms with Gasteiger partial charge in [-0.1, -0.05) is 32.9 Å². The minimum atomic E-state index is -4.78. The number of amides is 2. The number of nitrogens with zero attached hydrogens (tertiary/aromatic N) is 1. The van der Waals surface area contributed by atoms with Crippen molar-refractivity contribution in [1.82, 2.24) is 15.6 Å². The quantitative estimate of drug-likeness (QED) is 0.472. The number of alkyl halides is 6. The van der Waals surface area contributed by atoms with Crippen molar-refractivity contribution in [2.24, 2.45) is 5.41 Å². The van der Waals surface area contributed by atoms with Crippen molar-refractivity contribution in [2.45, 2.75) is 65.0 Å². The molecule has 33 heavy (non-hydrogen) atoms. The molecule has 2 rings (SSSR count). The Hall–Kier alpha value is -2.78. The van der Waals surface area contributed by atoms with Crippen LogP contribution in [0.25, 0.3) is 0 Å². The van der Waals surface area contributed by atoms with Gasteiger partial charge in [0, 0.05) is 11.7 Å². The van der Waals surface area contributed by atoms with Gasteiger partial charge in [-0.2, -0.15) is 26.3 Å². The molecule has 0 aliphatic carbocycles. The fourth-order valence-corrected chi connectivity index (χ4v) is 3.91. The Balaban J connectivity index is 2.46. The summed E-state index contributed by atoms with van der Waals surface area (Å²) < 4.78 is 79.7. The van der Waals surface area contributed by atoms with Crippen molar-refractivity contribution in [1.29, 1.82) is 0 Å². The third kappa shape index (κ3) is 7.64. The number of carbonyl (C=O) groups is 1. The fourth-order valence-electron chi connectivity index (χ4n) is 3.91. The molecule has 0 aliphatic rings. The predicted octanol–water partition coefficient (Wildman–Crippen LogP) is 6.72. The van der Waals surface area contributed by atoms with E-state index in [4.69, 9.17) is 0 Å². The average molecular weight is 475 g/mol. The van der Waals surface area contributed by atoms with E-state index in [2.05, 4.69) is 15.6 Å². The lowest BCUT2D eigenvalue weighted by Gasteiger charge is -2.34. The summed E-state index contributed by atoms with van der Waals surface area (Å²) in [5, 5.41) is 5.21. The average Bonchev–Trinajstić information content (AvgIpc) is 2.62. The molecule has 2 amide bonds. The normalized spacial score (nSPS) is 14.0. The first-order valence-electron chi connectivity index (χ1n) is 10.2. The molecule has 182 valence electrons. The molecule has 2 aromatic rings. The second-order valence-electron chi connectivity index (χ2n) is 9.71. The van der Waals surface area contributed by atoms with Gasteiger partial charge in [0.1, 0.15) is 0 Å². The molecule has 1 aromatic carbocycles. The molecular formula is C23H27F6N3O. The lowest BCUT2D eigenvalue weighted by atomic mass is 9.82. The first kappa shape index (κ1) is 26.5. The van der Waals surface area contributed by atoms with Gasteiger partial charge >= 0.3 is 18.4 Å². The van der Waals surface area contributed by atoms with Crippen LogP contribution in [0, 0.1) is 5.41 Å². The molecule has 1 aromatic heterocycles. The van der Waals surface area contributed by atoms with Crippen molar-refractivity contribution >= 4 is 6.03 Å². The lowest BCUT2D eigenvalue weighted by molar-refractivity contribution is -0.139. The summed E-state index contributed by atoms with van der Waals surface area (Å²) >= 11 is 0. The molecule has 1 atom stereocenters. The van der Waals surface area contributed by atoms with E-state index in [0.29, 0.717) is 6.42 Å². The number of halogens is 6. The van der Waals surface area contributed by atoms with Gasteiger partial charge in [0.05, 0.1) is 22.9 Å². The Morgan fingerprint density at radius 3 is 1.97 bits per heavy atom. The minimum absolute atomic E-state index is 0.0241. The number of rotatable bonds is 5. The van der Waals surface area contributed by atoms with Gasteiger partial charge in [0.15, 0.2) is 0 Å². The zero-order valence-corrected chi connectivity index (χ0v) is 18.9. The summed E-state index contributed by atoms with van der Waals surface area (Å²) in [4.78, 5) is 16.6. The van der Waals surface area contributed by atoms with Gasteiger partial charge < -0.3 is 10.6 Å². The number of carbonyl (C=O) groups excluding carboxylic acids is 1. The number of benzene rings is 1. The maximum Gasteiger partial charge on any atom is 0.418 e. The Kier molecular flexibility index (Phi) is 7.40. The zero-order chi connectivity index (χ0) is 25.2. The topological polar surface area (TPSA) is 54.0 Å². The van der Waals surface area contributed by atoms with Crippen LogP contribution in [0.4, 0.5) is 31.1 Å². The van der Waals surface area contributed by atoms with E-state index in [0.717, 1.165) is 42.6 Å². The molecule has 0 spiro atoms. The largest absolute Gasteiger partial charge is 0.418 e. The van der Waals surface area contributed by atoms with Crippen LogP contribution in [0.1, 0.15) is 69.5 Å². The Morgan fingerprint density at radius 2 is 1.48 bits per heavy atom. The van der Waals surface area contributed by atoms with Crippen LogP contribution in [0.3, 0.4) is 0 Å². The van der Waals surface area contributed by atoms with Crippen molar-refractivity contribution < 1.29 is 31.1 Å². The van der Waals surface area contributed by atoms with Crippen LogP contribution in [-0.2, 0) is 12.4 Å². The molecule has 0 fully saturated rings. The zero-order valence-electron chi connectivity index (χ0n) is 18.9. The highest BCUT2D eigenvalue weighted by atomic mass is 19.4. The molecule has 10 heteroatoms. The van der Waals surface area contributed by atoms with Gasteiger partial charge in [0.2, 0.25) is 0 Å². The highest BCUT2D eigenvalue weighted by Gasteiger charge is 2.38. The number of nitrogens with one attached hydrogen (secondary N) is 2. The van der Waals surface area contributed by atoms with Crippen molar-refractivity contribution in [3.8, 4) is 0 Å². The van der Waals surface area contributed by atoms with Gasteiger partial charge in [0.25, 0.3) is 0 Å². The highest BCUT2D eigenvalue weighted by molar-refractivity contribution is 5.76. The third-order valence-electron chi connectivity index (χ3n) is 4.69. The van der Waals surface area contributed by atoms with Gasteiger partial charge in [-0.15, -0.1) is 0 Å². The summed E-state index contributed by atoms with van der Waals surface area (Å²) in [7, 11) is 0. The van der Waals surface area contributed by atoms with E-state index >= 15 is 0 Å².